The molecule has 0 spiro atoms. The van der Waals surface area contributed by atoms with Crippen LogP contribution in [0.4, 0.5) is 18.9 Å². The van der Waals surface area contributed by atoms with Gasteiger partial charge in [0.05, 0.1) is 5.02 Å². The van der Waals surface area contributed by atoms with Crippen LogP contribution in [0.5, 0.6) is 0 Å². The van der Waals surface area contributed by atoms with Gasteiger partial charge in [-0.05, 0) is 24.6 Å². The van der Waals surface area contributed by atoms with E-state index in [0.717, 1.165) is 12.1 Å². The lowest BCUT2D eigenvalue weighted by atomic mass is 9.81. The zero-order valence-electron chi connectivity index (χ0n) is 15.3. The van der Waals surface area contributed by atoms with Gasteiger partial charge in [0, 0.05) is 23.6 Å². The first kappa shape index (κ1) is 21.0. The Kier molecular flexibility index (Phi) is 5.76. The van der Waals surface area contributed by atoms with E-state index in [2.05, 4.69) is 20.3 Å². The number of aliphatic imine (C=N–C) groups is 1. The highest BCUT2D eigenvalue weighted by Crippen LogP contribution is 2.46. The van der Waals surface area contributed by atoms with Crippen LogP contribution in [0.2, 0.25) is 5.02 Å². The van der Waals surface area contributed by atoms with Gasteiger partial charge in [-0.2, -0.15) is 0 Å². The number of carbonyl (C=O) groups is 1. The number of halogens is 4. The summed E-state index contributed by atoms with van der Waals surface area (Å²) >= 11 is 5.68. The number of aromatic nitrogens is 2. The molecule has 1 unspecified atom stereocenters. The molecule has 3 rings (SSSR count). The first-order valence-corrected chi connectivity index (χ1v) is 8.95. The Hall–Kier alpha value is -2.72. The second-order valence-corrected chi connectivity index (χ2v) is 6.82. The average molecular weight is 428 g/mol. The smallest absolute Gasteiger partial charge is 0.299 e. The van der Waals surface area contributed by atoms with Gasteiger partial charge in [-0.25, -0.2) is 23.1 Å². The van der Waals surface area contributed by atoms with E-state index in [9.17, 15) is 18.0 Å². The molecule has 29 heavy (non-hydrogen) atoms. The number of amidine groups is 1. The summed E-state index contributed by atoms with van der Waals surface area (Å²) in [5, 5.41) is 2.69. The van der Waals surface area contributed by atoms with E-state index in [1.54, 1.807) is 0 Å². The van der Waals surface area contributed by atoms with E-state index < -0.39 is 35.4 Å². The molecule has 0 radical (unpaired) electrons. The third kappa shape index (κ3) is 4.03. The van der Waals surface area contributed by atoms with E-state index in [0.29, 0.717) is 0 Å². The van der Waals surface area contributed by atoms with E-state index in [1.807, 2.05) is 0 Å². The summed E-state index contributed by atoms with van der Waals surface area (Å²) in [4.78, 5) is 23.8. The summed E-state index contributed by atoms with van der Waals surface area (Å²) in [6.45, 7) is 0.186. The normalized spacial score (nSPS) is 21.2. The molecule has 154 valence electrons. The predicted molar refractivity (Wildman–Crippen MR) is 101 cm³/mol. The monoisotopic (exact) mass is 427 g/mol. The standard InChI is InChI=1S/C18H17ClF3N5O2/c1-2-17(18(21,22)9-29-8-14(23)27-17)12-5-11(3-4-13(12)20)26-16(28)15-24-6-10(19)7-25-15/h3-7H,2,8-9H2,1H3,(H2,23,27)(H,26,28). The molecule has 1 aliphatic rings. The molecule has 1 amide bonds. The van der Waals surface area contributed by atoms with Crippen LogP contribution in [0, 0.1) is 5.82 Å². The second-order valence-electron chi connectivity index (χ2n) is 6.39. The fourth-order valence-corrected chi connectivity index (χ4v) is 3.18. The summed E-state index contributed by atoms with van der Waals surface area (Å²) in [6, 6.07) is 3.30. The fraction of sp³-hybridized carbons (Fsp3) is 0.333. The molecule has 0 aliphatic carbocycles. The van der Waals surface area contributed by atoms with Gasteiger partial charge in [0.1, 0.15) is 24.9 Å². The minimum atomic E-state index is -3.54. The van der Waals surface area contributed by atoms with Crippen LogP contribution in [0.15, 0.2) is 35.6 Å². The van der Waals surface area contributed by atoms with Gasteiger partial charge < -0.3 is 15.8 Å². The van der Waals surface area contributed by atoms with E-state index >= 15 is 0 Å². The number of amides is 1. The van der Waals surface area contributed by atoms with Gasteiger partial charge >= 0.3 is 0 Å². The van der Waals surface area contributed by atoms with Crippen LogP contribution < -0.4 is 11.1 Å². The molecular formula is C18H17ClF3N5O2. The lowest BCUT2D eigenvalue weighted by Crippen LogP contribution is -2.47. The first-order valence-electron chi connectivity index (χ1n) is 8.57. The minimum Gasteiger partial charge on any atom is -0.385 e. The topological polar surface area (TPSA) is 102 Å². The van der Waals surface area contributed by atoms with Gasteiger partial charge in [0.2, 0.25) is 5.82 Å². The van der Waals surface area contributed by atoms with Crippen molar-refractivity contribution in [1.82, 2.24) is 9.97 Å². The van der Waals surface area contributed by atoms with Crippen molar-refractivity contribution in [2.24, 2.45) is 10.7 Å². The molecule has 1 atom stereocenters. The van der Waals surface area contributed by atoms with Gasteiger partial charge in [-0.15, -0.1) is 0 Å². The molecule has 0 bridgehead atoms. The summed E-state index contributed by atoms with van der Waals surface area (Å²) in [6.07, 6.45) is 2.21. The summed E-state index contributed by atoms with van der Waals surface area (Å²) in [5.74, 6) is -5.53. The van der Waals surface area contributed by atoms with Gasteiger partial charge in [0.25, 0.3) is 11.8 Å². The molecule has 1 aliphatic heterocycles. The number of hydrogen-bond donors (Lipinski definition) is 2. The van der Waals surface area contributed by atoms with E-state index in [-0.39, 0.29) is 35.4 Å². The molecule has 2 aromatic rings. The Morgan fingerprint density at radius 1 is 1.34 bits per heavy atom. The molecule has 11 heteroatoms. The van der Waals surface area contributed by atoms with Crippen LogP contribution in [-0.4, -0.2) is 40.8 Å². The number of benzene rings is 1. The fourth-order valence-electron chi connectivity index (χ4n) is 3.08. The van der Waals surface area contributed by atoms with E-state index in [4.69, 9.17) is 22.1 Å². The summed E-state index contributed by atoms with van der Waals surface area (Å²) in [5.41, 5.74) is 3.04. The Balaban J connectivity index is 2.02. The SMILES string of the molecule is CCC1(c2cc(NC(=O)c3ncc(Cl)cn3)ccc2F)N=C(N)COCC1(F)F. The number of hydrogen-bond acceptors (Lipinski definition) is 6. The number of nitrogens with two attached hydrogens (primary N) is 1. The maximum absolute atomic E-state index is 14.9. The number of nitrogens with one attached hydrogen (secondary N) is 1. The molecule has 7 nitrogen and oxygen atoms in total. The maximum atomic E-state index is 14.9. The van der Waals surface area contributed by atoms with Crippen molar-refractivity contribution in [3.05, 3.63) is 52.8 Å². The molecule has 3 N–H and O–H groups in total. The largest absolute Gasteiger partial charge is 0.385 e. The molecule has 2 heterocycles. The van der Waals surface area contributed by atoms with Crippen LogP contribution in [0.3, 0.4) is 0 Å². The lowest BCUT2D eigenvalue weighted by molar-refractivity contribution is -0.123. The molecule has 0 fully saturated rings. The lowest BCUT2D eigenvalue weighted by Gasteiger charge is -2.36. The Labute approximate surface area is 169 Å². The minimum absolute atomic E-state index is 0.0625. The third-order valence-corrected chi connectivity index (χ3v) is 4.67. The van der Waals surface area contributed by atoms with Crippen molar-refractivity contribution in [2.45, 2.75) is 24.8 Å². The van der Waals surface area contributed by atoms with Crippen LogP contribution >= 0.6 is 11.6 Å². The highest BCUT2D eigenvalue weighted by molar-refractivity contribution is 6.30. The quantitative estimate of drug-likeness (QED) is 0.780. The van der Waals surface area contributed by atoms with Crippen molar-refractivity contribution < 1.29 is 22.7 Å². The highest BCUT2D eigenvalue weighted by Gasteiger charge is 2.56. The Morgan fingerprint density at radius 2 is 2.03 bits per heavy atom. The Morgan fingerprint density at radius 3 is 2.69 bits per heavy atom. The summed E-state index contributed by atoms with van der Waals surface area (Å²) < 4.78 is 49.4. The van der Waals surface area contributed by atoms with Gasteiger partial charge in [-0.3, -0.25) is 9.79 Å². The van der Waals surface area contributed by atoms with Crippen LogP contribution in [-0.2, 0) is 10.3 Å². The van der Waals surface area contributed by atoms with Gasteiger partial charge in [0.15, 0.2) is 5.54 Å². The number of rotatable bonds is 4. The highest BCUT2D eigenvalue weighted by atomic mass is 35.5. The first-order chi connectivity index (χ1) is 13.7. The predicted octanol–water partition coefficient (Wildman–Crippen LogP) is 3.15. The van der Waals surface area contributed by atoms with Crippen molar-refractivity contribution >= 4 is 29.0 Å². The van der Waals surface area contributed by atoms with E-state index in [1.165, 1.54) is 25.4 Å². The van der Waals surface area contributed by atoms with Crippen LogP contribution in [0.1, 0.15) is 29.5 Å². The number of nitrogens with zero attached hydrogens (tertiary/aromatic N) is 3. The number of carbonyl (C=O) groups excluding carboxylic acids is 1. The number of anilines is 1. The van der Waals surface area contributed by atoms with Crippen molar-refractivity contribution in [3.8, 4) is 0 Å². The van der Waals surface area contributed by atoms with Crippen molar-refractivity contribution in [2.75, 3.05) is 18.5 Å². The van der Waals surface area contributed by atoms with Crippen molar-refractivity contribution in [1.29, 1.82) is 0 Å². The summed E-state index contributed by atoms with van der Waals surface area (Å²) in [7, 11) is 0. The average Bonchev–Trinajstić information content (AvgIpc) is 2.79. The van der Waals surface area contributed by atoms with Gasteiger partial charge in [-0.1, -0.05) is 18.5 Å². The maximum Gasteiger partial charge on any atom is 0.299 e. The Bertz CT molecular complexity index is 955. The third-order valence-electron chi connectivity index (χ3n) is 4.48. The molecule has 1 aromatic carbocycles. The molecule has 0 saturated heterocycles. The number of ether oxygens (including phenoxy) is 1. The molecular weight excluding hydrogens is 411 g/mol. The number of alkyl halides is 2. The van der Waals surface area contributed by atoms with Crippen LogP contribution in [0.25, 0.3) is 0 Å². The van der Waals surface area contributed by atoms with Crippen molar-refractivity contribution in [3.63, 3.8) is 0 Å². The zero-order chi connectivity index (χ0) is 21.2. The second kappa shape index (κ2) is 7.96. The molecule has 1 aromatic heterocycles. The molecule has 0 saturated carbocycles. The zero-order valence-corrected chi connectivity index (χ0v) is 16.0.